The highest BCUT2D eigenvalue weighted by molar-refractivity contribution is 7.92. The number of benzene rings is 2. The summed E-state index contributed by atoms with van der Waals surface area (Å²) in [5, 5.41) is 0.437. The lowest BCUT2D eigenvalue weighted by atomic mass is 9.80. The molecule has 2 unspecified atom stereocenters. The van der Waals surface area contributed by atoms with Crippen molar-refractivity contribution in [3.05, 3.63) is 95.9 Å². The van der Waals surface area contributed by atoms with Gasteiger partial charge in [0.25, 0.3) is 0 Å². The van der Waals surface area contributed by atoms with Crippen molar-refractivity contribution >= 4 is 36.8 Å². The van der Waals surface area contributed by atoms with Gasteiger partial charge in [0.15, 0.2) is 17.2 Å². The number of hydrogen-bond donors (Lipinski definition) is 1. The van der Waals surface area contributed by atoms with Crippen molar-refractivity contribution in [3.63, 3.8) is 0 Å². The van der Waals surface area contributed by atoms with E-state index in [9.17, 15) is 25.6 Å². The monoisotopic (exact) mass is 627 g/mol. The topological polar surface area (TPSA) is 107 Å². The molecule has 2 aromatic heterocycles. The van der Waals surface area contributed by atoms with Gasteiger partial charge in [-0.2, -0.15) is 0 Å². The fourth-order valence-electron chi connectivity index (χ4n) is 5.24. The number of halogens is 2. The maximum Gasteiger partial charge on any atom is 0.250 e. The van der Waals surface area contributed by atoms with E-state index in [2.05, 4.69) is 9.71 Å². The fraction of sp³-hybridized carbons (Fsp3) is 0.258. The molecular formula is C31H31F2N3O5S2. The molecule has 2 heterocycles. The highest BCUT2D eigenvalue weighted by Gasteiger charge is 2.48. The van der Waals surface area contributed by atoms with Crippen LogP contribution in [0, 0.1) is 17.6 Å². The maximum atomic E-state index is 14.6. The molecule has 4 aromatic rings. The molecule has 1 aliphatic carbocycles. The van der Waals surface area contributed by atoms with E-state index in [4.69, 9.17) is 4.74 Å². The number of ether oxygens (including phenoxy) is 1. The fourth-order valence-corrected chi connectivity index (χ4v) is 7.98. The van der Waals surface area contributed by atoms with Gasteiger partial charge in [0.05, 0.1) is 5.75 Å². The number of sulfonamides is 1. The zero-order chi connectivity index (χ0) is 31.3. The van der Waals surface area contributed by atoms with Crippen LogP contribution in [-0.4, -0.2) is 36.3 Å². The van der Waals surface area contributed by atoms with Gasteiger partial charge >= 0.3 is 0 Å². The van der Waals surface area contributed by atoms with Gasteiger partial charge in [-0.15, -0.1) is 0 Å². The summed E-state index contributed by atoms with van der Waals surface area (Å²) in [5.41, 5.74) is 2.78. The van der Waals surface area contributed by atoms with E-state index in [0.717, 1.165) is 17.7 Å². The Bertz CT molecular complexity index is 2040. The highest BCUT2D eigenvalue weighted by Crippen LogP contribution is 2.44. The Balaban J connectivity index is 1.69. The molecule has 2 aromatic carbocycles. The average Bonchev–Trinajstić information content (AvgIpc) is 3.41. The van der Waals surface area contributed by atoms with E-state index in [0.29, 0.717) is 28.2 Å². The molecule has 0 amide bonds. The summed E-state index contributed by atoms with van der Waals surface area (Å²) in [7, 11) is -7.69. The Kier molecular flexibility index (Phi) is 7.72. The molecule has 0 aliphatic heterocycles. The molecule has 0 saturated carbocycles. The van der Waals surface area contributed by atoms with Crippen LogP contribution in [0.4, 0.5) is 14.5 Å². The van der Waals surface area contributed by atoms with Crippen LogP contribution in [0.25, 0.3) is 22.2 Å². The van der Waals surface area contributed by atoms with Crippen molar-refractivity contribution in [2.24, 2.45) is 5.92 Å². The third-order valence-electron chi connectivity index (χ3n) is 8.27. The first-order valence-corrected chi connectivity index (χ1v) is 16.6. The van der Waals surface area contributed by atoms with Gasteiger partial charge in [-0.3, -0.25) is 4.72 Å². The van der Waals surface area contributed by atoms with Crippen molar-refractivity contribution < 1.29 is 30.4 Å². The normalized spacial score (nSPS) is 19.2. The van der Waals surface area contributed by atoms with Crippen LogP contribution in [0.1, 0.15) is 34.6 Å². The molecule has 12 heteroatoms. The van der Waals surface area contributed by atoms with Crippen molar-refractivity contribution in [3.8, 4) is 22.6 Å². The summed E-state index contributed by atoms with van der Waals surface area (Å²) in [6, 6.07) is 10.5. The second-order valence-electron chi connectivity index (χ2n) is 10.7. The van der Waals surface area contributed by atoms with Crippen molar-refractivity contribution in [1.82, 2.24) is 8.96 Å². The maximum absolute atomic E-state index is 14.6. The Morgan fingerprint density at radius 1 is 0.977 bits per heavy atom. The van der Waals surface area contributed by atoms with Crippen LogP contribution in [0.15, 0.2) is 84.2 Å². The van der Waals surface area contributed by atoms with Crippen molar-refractivity contribution in [1.29, 1.82) is 0 Å². The number of aromatic nitrogens is 2. The number of hydrogen-bond acceptors (Lipinski definition) is 6. The van der Waals surface area contributed by atoms with E-state index in [-0.39, 0.29) is 34.5 Å². The van der Waals surface area contributed by atoms with Gasteiger partial charge in [-0.1, -0.05) is 30.2 Å². The van der Waals surface area contributed by atoms with E-state index in [1.165, 1.54) is 41.5 Å². The summed E-state index contributed by atoms with van der Waals surface area (Å²) in [4.78, 5) is 4.42. The van der Waals surface area contributed by atoms with Crippen molar-refractivity contribution in [2.45, 2.75) is 39.4 Å². The van der Waals surface area contributed by atoms with Gasteiger partial charge in [0, 0.05) is 41.0 Å². The molecule has 1 aliphatic rings. The number of anilines is 1. The summed E-state index contributed by atoms with van der Waals surface area (Å²) >= 11 is 0. The molecule has 0 bridgehead atoms. The number of nitrogens with one attached hydrogen (secondary N) is 1. The minimum Gasteiger partial charge on any atom is -0.454 e. The number of allylic oxidation sites excluding steroid dienone is 3. The van der Waals surface area contributed by atoms with Gasteiger partial charge in [0.2, 0.25) is 20.0 Å². The van der Waals surface area contributed by atoms with E-state index in [1.54, 1.807) is 26.0 Å². The lowest BCUT2D eigenvalue weighted by Crippen LogP contribution is -2.47. The Hall–Kier alpha value is -4.03. The molecule has 5 rings (SSSR count). The molecular weight excluding hydrogens is 596 g/mol. The first kappa shape index (κ1) is 30.4. The molecule has 1 N–H and O–H groups in total. The molecule has 226 valence electrons. The van der Waals surface area contributed by atoms with E-state index >= 15 is 0 Å². The van der Waals surface area contributed by atoms with E-state index < -0.39 is 36.4 Å². The van der Waals surface area contributed by atoms with E-state index in [1.807, 2.05) is 26.0 Å². The Morgan fingerprint density at radius 3 is 2.40 bits per heavy atom. The molecule has 2 atom stereocenters. The van der Waals surface area contributed by atoms with Crippen LogP contribution in [-0.2, 0) is 20.0 Å². The zero-order valence-electron chi connectivity index (χ0n) is 24.2. The second-order valence-corrected chi connectivity index (χ2v) is 14.9. The number of rotatable bonds is 8. The largest absolute Gasteiger partial charge is 0.454 e. The van der Waals surface area contributed by atoms with Gasteiger partial charge in [-0.05, 0) is 75.7 Å². The Labute approximate surface area is 249 Å². The predicted octanol–water partition coefficient (Wildman–Crippen LogP) is 7.01. The first-order chi connectivity index (χ1) is 20.2. The third kappa shape index (κ3) is 5.22. The predicted molar refractivity (Wildman–Crippen MR) is 164 cm³/mol. The molecule has 0 fully saturated rings. The minimum atomic E-state index is -4.04. The Morgan fingerprint density at radius 2 is 1.70 bits per heavy atom. The van der Waals surface area contributed by atoms with Crippen LogP contribution in [0.5, 0.6) is 11.5 Å². The summed E-state index contributed by atoms with van der Waals surface area (Å²) in [5.74, 6) is -2.30. The lowest BCUT2D eigenvalue weighted by Gasteiger charge is -2.39. The highest BCUT2D eigenvalue weighted by atomic mass is 32.2. The molecule has 8 nitrogen and oxygen atoms in total. The summed E-state index contributed by atoms with van der Waals surface area (Å²) in [6.07, 6.45) is 6.62. The number of nitrogens with zero attached hydrogens (tertiary/aromatic N) is 2. The molecule has 0 saturated heterocycles. The van der Waals surface area contributed by atoms with Crippen LogP contribution in [0.2, 0.25) is 0 Å². The second kappa shape index (κ2) is 10.9. The van der Waals surface area contributed by atoms with Gasteiger partial charge < -0.3 is 4.74 Å². The molecule has 0 spiro atoms. The summed E-state index contributed by atoms with van der Waals surface area (Å²) < 4.78 is 89.7. The molecule has 43 heavy (non-hydrogen) atoms. The van der Waals surface area contributed by atoms with Crippen LogP contribution in [0.3, 0.4) is 0 Å². The zero-order valence-corrected chi connectivity index (χ0v) is 25.9. The molecule has 0 radical (unpaired) electrons. The number of pyridine rings is 1. The quantitative estimate of drug-likeness (QED) is 0.225. The number of fused-ring (bicyclic) bond motifs is 1. The standard InChI is InChI=1S/C31H31F2N3O5S2/c1-6-42(37,38)35-23-10-12-28(41-29-11-9-22(32)17-27(29)33)26(18-23)24-13-15-34-30-25(24)14-16-36(30)43(39,40)31(5)20(3)8-7-19(2)21(31)4/h7-18,21,35H,6H2,1-5H3. The van der Waals surface area contributed by atoms with Crippen LogP contribution >= 0.6 is 0 Å². The van der Waals surface area contributed by atoms with Crippen LogP contribution < -0.4 is 9.46 Å². The first-order valence-electron chi connectivity index (χ1n) is 13.5. The average molecular weight is 628 g/mol. The smallest absolute Gasteiger partial charge is 0.250 e. The minimum absolute atomic E-state index is 0.125. The SMILES string of the molecule is CCS(=O)(=O)Nc1ccc(Oc2ccc(F)cc2F)c(-c2ccnc3c2ccn3S(=O)(=O)C2(C)C(C)=CC=C(C)C2C)c1. The lowest BCUT2D eigenvalue weighted by molar-refractivity contribution is 0.439. The van der Waals surface area contributed by atoms with Gasteiger partial charge in [0.1, 0.15) is 16.3 Å². The van der Waals surface area contributed by atoms with Gasteiger partial charge in [-0.25, -0.2) is 34.6 Å². The van der Waals surface area contributed by atoms with Crippen molar-refractivity contribution in [2.75, 3.05) is 10.5 Å². The summed E-state index contributed by atoms with van der Waals surface area (Å²) in [6.45, 7) is 8.78. The third-order valence-corrected chi connectivity index (χ3v) is 12.1.